The number of nitrogens with zero attached hydrogens (tertiary/aromatic N) is 2. The van der Waals surface area contributed by atoms with Gasteiger partial charge in [-0.25, -0.2) is 0 Å². The maximum Gasteiger partial charge on any atom is 0.271 e. The molecule has 0 atom stereocenters. The highest BCUT2D eigenvalue weighted by Crippen LogP contribution is 2.17. The highest BCUT2D eigenvalue weighted by molar-refractivity contribution is 5.95. The van der Waals surface area contributed by atoms with Crippen LogP contribution in [0.3, 0.4) is 0 Å². The van der Waals surface area contributed by atoms with Crippen LogP contribution >= 0.6 is 0 Å². The van der Waals surface area contributed by atoms with Crippen LogP contribution in [-0.2, 0) is 24.7 Å². The average Bonchev–Trinajstić information content (AvgIpc) is 3.09. The van der Waals surface area contributed by atoms with Crippen LogP contribution in [0.4, 0.5) is 5.82 Å². The minimum Gasteiger partial charge on any atom is -0.496 e. The molecule has 0 radical (unpaired) electrons. The molecule has 0 saturated heterocycles. The largest absolute Gasteiger partial charge is 0.496 e. The SMILES string of the molecule is COc1ccccc1CCNC(=O)c1cc(NC(=O)Cc2ccccc2)n(C)n1. The van der Waals surface area contributed by atoms with Crippen molar-refractivity contribution in [3.63, 3.8) is 0 Å². The number of methoxy groups -OCH3 is 1. The Balaban J connectivity index is 1.54. The van der Waals surface area contributed by atoms with Gasteiger partial charge in [0.2, 0.25) is 5.91 Å². The number of aromatic nitrogens is 2. The van der Waals surface area contributed by atoms with Gasteiger partial charge in [-0.05, 0) is 23.6 Å². The van der Waals surface area contributed by atoms with Gasteiger partial charge in [-0.1, -0.05) is 48.5 Å². The van der Waals surface area contributed by atoms with Crippen molar-refractivity contribution in [2.75, 3.05) is 19.0 Å². The van der Waals surface area contributed by atoms with Crippen molar-refractivity contribution in [1.82, 2.24) is 15.1 Å². The van der Waals surface area contributed by atoms with Gasteiger partial charge in [0.1, 0.15) is 11.6 Å². The van der Waals surface area contributed by atoms with Crippen molar-refractivity contribution >= 4 is 17.6 Å². The van der Waals surface area contributed by atoms with Crippen LogP contribution < -0.4 is 15.4 Å². The molecule has 1 heterocycles. The highest BCUT2D eigenvalue weighted by Gasteiger charge is 2.14. The molecule has 0 bridgehead atoms. The number of benzene rings is 2. The Hall–Kier alpha value is -3.61. The van der Waals surface area contributed by atoms with E-state index >= 15 is 0 Å². The number of anilines is 1. The molecule has 0 aliphatic heterocycles. The van der Waals surface area contributed by atoms with Gasteiger partial charge in [0.15, 0.2) is 5.69 Å². The monoisotopic (exact) mass is 392 g/mol. The summed E-state index contributed by atoms with van der Waals surface area (Å²) >= 11 is 0. The summed E-state index contributed by atoms with van der Waals surface area (Å²) in [7, 11) is 3.31. The van der Waals surface area contributed by atoms with Crippen molar-refractivity contribution in [1.29, 1.82) is 0 Å². The van der Waals surface area contributed by atoms with Crippen molar-refractivity contribution in [3.05, 3.63) is 77.5 Å². The van der Waals surface area contributed by atoms with E-state index in [0.717, 1.165) is 16.9 Å². The number of nitrogens with one attached hydrogen (secondary N) is 2. The van der Waals surface area contributed by atoms with E-state index in [1.165, 1.54) is 4.68 Å². The first-order valence-electron chi connectivity index (χ1n) is 9.34. The number of rotatable bonds is 8. The maximum absolute atomic E-state index is 12.4. The Kier molecular flexibility index (Phi) is 6.63. The van der Waals surface area contributed by atoms with Gasteiger partial charge in [0.05, 0.1) is 13.5 Å². The molecular formula is C22H24N4O3. The molecule has 3 aromatic rings. The van der Waals surface area contributed by atoms with E-state index in [4.69, 9.17) is 4.74 Å². The number of ether oxygens (including phenoxy) is 1. The van der Waals surface area contributed by atoms with Gasteiger partial charge in [0, 0.05) is 19.7 Å². The fraction of sp³-hybridized carbons (Fsp3) is 0.227. The topological polar surface area (TPSA) is 85.3 Å². The standard InChI is InChI=1S/C22H24N4O3/c1-26-20(24-21(27)14-16-8-4-3-5-9-16)15-18(25-26)22(28)23-13-12-17-10-6-7-11-19(17)29-2/h3-11,15H,12-14H2,1-2H3,(H,23,28)(H,24,27). The smallest absolute Gasteiger partial charge is 0.271 e. The Morgan fingerprint density at radius 3 is 2.55 bits per heavy atom. The minimum atomic E-state index is -0.293. The number of aryl methyl sites for hydroxylation is 1. The molecule has 0 unspecified atom stereocenters. The predicted octanol–water partition coefficient (Wildman–Crippen LogP) is 2.58. The second-order valence-electron chi connectivity index (χ2n) is 6.57. The number of carbonyl (C=O) groups excluding carboxylic acids is 2. The Labute approximate surface area is 169 Å². The van der Waals surface area contributed by atoms with E-state index in [9.17, 15) is 9.59 Å². The van der Waals surface area contributed by atoms with Crippen LogP contribution in [-0.4, -0.2) is 35.2 Å². The normalized spacial score (nSPS) is 10.4. The second kappa shape index (κ2) is 9.54. The summed E-state index contributed by atoms with van der Waals surface area (Å²) in [6, 6.07) is 18.7. The Bertz CT molecular complexity index is 983. The molecule has 0 saturated carbocycles. The van der Waals surface area contributed by atoms with E-state index in [1.54, 1.807) is 20.2 Å². The molecule has 0 aliphatic carbocycles. The van der Waals surface area contributed by atoms with Crippen molar-refractivity contribution in [3.8, 4) is 5.75 Å². The lowest BCUT2D eigenvalue weighted by molar-refractivity contribution is -0.115. The van der Waals surface area contributed by atoms with Crippen LogP contribution in [0.25, 0.3) is 0 Å². The first-order chi connectivity index (χ1) is 14.1. The summed E-state index contributed by atoms with van der Waals surface area (Å²) in [4.78, 5) is 24.6. The molecule has 0 aliphatic rings. The highest BCUT2D eigenvalue weighted by atomic mass is 16.5. The fourth-order valence-electron chi connectivity index (χ4n) is 2.97. The van der Waals surface area contributed by atoms with Crippen LogP contribution in [0.5, 0.6) is 5.75 Å². The summed E-state index contributed by atoms with van der Waals surface area (Å²) in [6.45, 7) is 0.450. The van der Waals surface area contributed by atoms with Crippen molar-refractivity contribution in [2.45, 2.75) is 12.8 Å². The third-order valence-corrected chi connectivity index (χ3v) is 4.46. The van der Waals surface area contributed by atoms with Gasteiger partial charge in [0.25, 0.3) is 5.91 Å². The lowest BCUT2D eigenvalue weighted by Crippen LogP contribution is -2.26. The predicted molar refractivity (Wildman–Crippen MR) is 111 cm³/mol. The number of hydrogen-bond acceptors (Lipinski definition) is 4. The number of amides is 2. The lowest BCUT2D eigenvalue weighted by atomic mass is 10.1. The van der Waals surface area contributed by atoms with Gasteiger partial charge in [-0.3, -0.25) is 14.3 Å². The fourth-order valence-corrected chi connectivity index (χ4v) is 2.97. The molecule has 0 spiro atoms. The first kappa shape index (κ1) is 20.1. The average molecular weight is 392 g/mol. The minimum absolute atomic E-state index is 0.165. The zero-order valence-electron chi connectivity index (χ0n) is 16.5. The van der Waals surface area contributed by atoms with E-state index in [-0.39, 0.29) is 23.9 Å². The molecule has 2 amide bonds. The number of para-hydroxylation sites is 1. The summed E-state index contributed by atoms with van der Waals surface area (Å²) in [6.07, 6.45) is 0.899. The van der Waals surface area contributed by atoms with Crippen LogP contribution in [0.15, 0.2) is 60.7 Å². The molecule has 3 rings (SSSR count). The molecule has 7 nitrogen and oxygen atoms in total. The van der Waals surface area contributed by atoms with E-state index in [1.807, 2.05) is 54.6 Å². The molecule has 2 aromatic carbocycles. The molecule has 2 N–H and O–H groups in total. The molecule has 7 heteroatoms. The van der Waals surface area contributed by atoms with Crippen LogP contribution in [0, 0.1) is 0 Å². The Morgan fingerprint density at radius 2 is 1.79 bits per heavy atom. The third-order valence-electron chi connectivity index (χ3n) is 4.46. The zero-order valence-corrected chi connectivity index (χ0v) is 16.5. The van der Waals surface area contributed by atoms with E-state index < -0.39 is 0 Å². The number of carbonyl (C=O) groups is 2. The third kappa shape index (κ3) is 5.44. The summed E-state index contributed by atoms with van der Waals surface area (Å²) in [5.74, 6) is 0.810. The van der Waals surface area contributed by atoms with Crippen LogP contribution in [0.1, 0.15) is 21.6 Å². The van der Waals surface area contributed by atoms with Gasteiger partial charge < -0.3 is 15.4 Å². The lowest BCUT2D eigenvalue weighted by Gasteiger charge is -2.08. The van der Waals surface area contributed by atoms with Gasteiger partial charge in [-0.2, -0.15) is 5.10 Å². The maximum atomic E-state index is 12.4. The Morgan fingerprint density at radius 1 is 1.07 bits per heavy atom. The molecule has 150 valence electrons. The summed E-state index contributed by atoms with van der Waals surface area (Å²) < 4.78 is 6.80. The summed E-state index contributed by atoms with van der Waals surface area (Å²) in [5, 5.41) is 9.84. The second-order valence-corrected chi connectivity index (χ2v) is 6.57. The zero-order chi connectivity index (χ0) is 20.6. The molecule has 29 heavy (non-hydrogen) atoms. The quantitative estimate of drug-likeness (QED) is 0.617. The van der Waals surface area contributed by atoms with Gasteiger partial charge in [-0.15, -0.1) is 0 Å². The van der Waals surface area contributed by atoms with Gasteiger partial charge >= 0.3 is 0 Å². The molecule has 0 fully saturated rings. The van der Waals surface area contributed by atoms with Crippen molar-refractivity contribution < 1.29 is 14.3 Å². The molecule has 1 aromatic heterocycles. The number of hydrogen-bond donors (Lipinski definition) is 2. The van der Waals surface area contributed by atoms with Crippen molar-refractivity contribution in [2.24, 2.45) is 7.05 Å². The van der Waals surface area contributed by atoms with E-state index in [0.29, 0.717) is 18.8 Å². The van der Waals surface area contributed by atoms with E-state index in [2.05, 4.69) is 15.7 Å². The van der Waals surface area contributed by atoms with Crippen LogP contribution in [0.2, 0.25) is 0 Å². The first-order valence-corrected chi connectivity index (χ1v) is 9.34. The molecular weight excluding hydrogens is 368 g/mol. The summed E-state index contributed by atoms with van der Waals surface area (Å²) in [5.41, 5.74) is 2.19.